The molecule has 0 saturated carbocycles. The summed E-state index contributed by atoms with van der Waals surface area (Å²) in [6.07, 6.45) is 1.47. The number of aromatic nitrogens is 2. The van der Waals surface area contributed by atoms with E-state index in [2.05, 4.69) is 10.4 Å². The van der Waals surface area contributed by atoms with Crippen molar-refractivity contribution in [2.75, 3.05) is 13.1 Å². The number of nitrogens with zero attached hydrogens (tertiary/aromatic N) is 3. The van der Waals surface area contributed by atoms with Gasteiger partial charge in [-0.3, -0.25) is 4.79 Å². The van der Waals surface area contributed by atoms with Gasteiger partial charge in [0.1, 0.15) is 10.9 Å². The Balaban J connectivity index is 1.84. The summed E-state index contributed by atoms with van der Waals surface area (Å²) < 4.78 is 53.3. The lowest BCUT2D eigenvalue weighted by Gasteiger charge is -2.33. The third kappa shape index (κ3) is 4.33. The maximum absolute atomic E-state index is 13.0. The molecule has 1 aromatic carbocycles. The molecule has 0 unspecified atom stereocenters. The zero-order valence-corrected chi connectivity index (χ0v) is 15.3. The molecule has 1 aliphatic heterocycles. The van der Waals surface area contributed by atoms with E-state index in [-0.39, 0.29) is 11.4 Å². The van der Waals surface area contributed by atoms with Crippen molar-refractivity contribution in [2.45, 2.75) is 36.6 Å². The van der Waals surface area contributed by atoms with Crippen LogP contribution in [0.25, 0.3) is 5.69 Å². The number of hydrogen-bond donors (Lipinski definition) is 1. The maximum Gasteiger partial charge on any atom is 0.255 e. The minimum atomic E-state index is -3.98. The van der Waals surface area contributed by atoms with Crippen molar-refractivity contribution in [3.05, 3.63) is 42.7 Å². The van der Waals surface area contributed by atoms with Gasteiger partial charge in [0.25, 0.3) is 6.43 Å². The summed E-state index contributed by atoms with van der Waals surface area (Å²) in [6.45, 7) is -0.638. The quantitative estimate of drug-likeness (QED) is 0.804. The van der Waals surface area contributed by atoms with Crippen molar-refractivity contribution < 1.29 is 22.0 Å². The van der Waals surface area contributed by atoms with Gasteiger partial charge in [-0.2, -0.15) is 9.40 Å². The third-order valence-electron chi connectivity index (χ3n) is 4.37. The first-order chi connectivity index (χ1) is 12.9. The minimum Gasteiger partial charge on any atom is -0.349 e. The Morgan fingerprint density at radius 3 is 2.70 bits per heavy atom. The molecule has 0 bridgehead atoms. The van der Waals surface area contributed by atoms with Crippen LogP contribution in [-0.2, 0) is 14.8 Å². The number of nitrogens with one attached hydrogen (secondary N) is 1. The Morgan fingerprint density at radius 2 is 2.00 bits per heavy atom. The fourth-order valence-electron chi connectivity index (χ4n) is 3.05. The average Bonchev–Trinajstić information content (AvgIpc) is 3.18. The van der Waals surface area contributed by atoms with Gasteiger partial charge in [0.05, 0.1) is 24.6 Å². The summed E-state index contributed by atoms with van der Waals surface area (Å²) in [5.74, 6) is -0.700. The first-order valence-corrected chi connectivity index (χ1v) is 10.0. The van der Waals surface area contributed by atoms with E-state index in [9.17, 15) is 22.0 Å². The number of carbonyl (C=O) groups is 1. The normalized spacial score (nSPS) is 18.6. The molecule has 27 heavy (non-hydrogen) atoms. The van der Waals surface area contributed by atoms with E-state index in [1.165, 1.54) is 17.1 Å². The molecule has 7 nitrogen and oxygen atoms in total. The molecule has 10 heteroatoms. The van der Waals surface area contributed by atoms with Crippen LogP contribution in [0.1, 0.15) is 19.3 Å². The zero-order chi connectivity index (χ0) is 19.4. The molecular formula is C17H20F2N4O3S. The van der Waals surface area contributed by atoms with Crippen LogP contribution in [0.3, 0.4) is 0 Å². The molecular weight excluding hydrogens is 378 g/mol. The number of sulfonamides is 1. The molecule has 1 fully saturated rings. The molecule has 1 saturated heterocycles. The van der Waals surface area contributed by atoms with Gasteiger partial charge in [0, 0.05) is 6.54 Å². The Morgan fingerprint density at radius 1 is 1.26 bits per heavy atom. The van der Waals surface area contributed by atoms with Gasteiger partial charge >= 0.3 is 0 Å². The van der Waals surface area contributed by atoms with Crippen molar-refractivity contribution in [2.24, 2.45) is 0 Å². The lowest BCUT2D eigenvalue weighted by Crippen LogP contribution is -2.52. The van der Waals surface area contributed by atoms with Crippen LogP contribution in [0.5, 0.6) is 0 Å². The molecule has 1 aromatic heterocycles. The Labute approximate surface area is 156 Å². The SMILES string of the molecule is O=C(NCC(F)F)[C@@H]1CCCCN1S(=O)(=O)c1cnn(-c2ccccc2)c1. The van der Waals surface area contributed by atoms with E-state index in [1.54, 1.807) is 24.3 Å². The van der Waals surface area contributed by atoms with Crippen molar-refractivity contribution in [1.29, 1.82) is 0 Å². The number of amides is 1. The molecule has 1 N–H and O–H groups in total. The number of carbonyl (C=O) groups excluding carboxylic acids is 1. The third-order valence-corrected chi connectivity index (χ3v) is 6.23. The fourth-order valence-corrected chi connectivity index (χ4v) is 4.64. The van der Waals surface area contributed by atoms with Gasteiger partial charge in [-0.15, -0.1) is 0 Å². The molecule has 0 spiro atoms. The molecule has 1 amide bonds. The van der Waals surface area contributed by atoms with Gasteiger partial charge in [-0.1, -0.05) is 24.6 Å². The van der Waals surface area contributed by atoms with Crippen LogP contribution in [0.2, 0.25) is 0 Å². The number of rotatable bonds is 6. The van der Waals surface area contributed by atoms with E-state index in [4.69, 9.17) is 0 Å². The first-order valence-electron chi connectivity index (χ1n) is 8.57. The number of benzene rings is 1. The highest BCUT2D eigenvalue weighted by Gasteiger charge is 2.38. The van der Waals surface area contributed by atoms with Crippen LogP contribution < -0.4 is 5.32 Å². The monoisotopic (exact) mass is 398 g/mol. The maximum atomic E-state index is 13.0. The van der Waals surface area contributed by atoms with Crippen LogP contribution >= 0.6 is 0 Å². The van der Waals surface area contributed by atoms with E-state index < -0.39 is 34.9 Å². The van der Waals surface area contributed by atoms with E-state index in [0.29, 0.717) is 24.9 Å². The highest BCUT2D eigenvalue weighted by Crippen LogP contribution is 2.26. The van der Waals surface area contributed by atoms with Gasteiger partial charge in [-0.05, 0) is 25.0 Å². The van der Waals surface area contributed by atoms with Crippen LogP contribution in [0, 0.1) is 0 Å². The van der Waals surface area contributed by atoms with Crippen molar-refractivity contribution >= 4 is 15.9 Å². The number of para-hydroxylation sites is 1. The van der Waals surface area contributed by atoms with Gasteiger partial charge in [-0.25, -0.2) is 21.9 Å². The summed E-state index contributed by atoms with van der Waals surface area (Å²) in [5, 5.41) is 6.21. The Bertz CT molecular complexity index is 887. The van der Waals surface area contributed by atoms with Gasteiger partial charge in [0.15, 0.2) is 0 Å². The molecule has 0 aliphatic carbocycles. The van der Waals surface area contributed by atoms with Crippen LogP contribution in [0.15, 0.2) is 47.6 Å². The summed E-state index contributed by atoms with van der Waals surface area (Å²) >= 11 is 0. The largest absolute Gasteiger partial charge is 0.349 e. The summed E-state index contributed by atoms with van der Waals surface area (Å²) in [7, 11) is -3.98. The second kappa shape index (κ2) is 8.13. The number of halogens is 2. The molecule has 146 valence electrons. The smallest absolute Gasteiger partial charge is 0.255 e. The average molecular weight is 398 g/mol. The molecule has 2 heterocycles. The van der Waals surface area contributed by atoms with Gasteiger partial charge in [0.2, 0.25) is 15.9 Å². The first kappa shape index (κ1) is 19.4. The number of piperidine rings is 1. The standard InChI is InChI=1S/C17H20F2N4O3S/c18-16(19)11-20-17(24)15-8-4-5-9-23(15)27(25,26)14-10-21-22(12-14)13-6-2-1-3-7-13/h1-3,6-7,10,12,15-16H,4-5,8-9,11H2,(H,20,24)/t15-/m0/s1. The molecule has 0 radical (unpaired) electrons. The topological polar surface area (TPSA) is 84.3 Å². The fraction of sp³-hybridized carbons (Fsp3) is 0.412. The van der Waals surface area contributed by atoms with E-state index >= 15 is 0 Å². The Hall–Kier alpha value is -2.33. The van der Waals surface area contributed by atoms with Crippen molar-refractivity contribution in [3.63, 3.8) is 0 Å². The summed E-state index contributed by atoms with van der Waals surface area (Å²) in [6, 6.07) is 8.01. The van der Waals surface area contributed by atoms with Crippen molar-refractivity contribution in [3.8, 4) is 5.69 Å². The van der Waals surface area contributed by atoms with Crippen LogP contribution in [-0.4, -0.2) is 54.0 Å². The second-order valence-corrected chi connectivity index (χ2v) is 8.11. The van der Waals surface area contributed by atoms with E-state index in [0.717, 1.165) is 4.31 Å². The minimum absolute atomic E-state index is 0.0417. The second-order valence-electron chi connectivity index (χ2n) is 6.22. The summed E-state index contributed by atoms with van der Waals surface area (Å²) in [5.41, 5.74) is 0.698. The van der Waals surface area contributed by atoms with Gasteiger partial charge < -0.3 is 5.32 Å². The highest BCUT2D eigenvalue weighted by atomic mass is 32.2. The lowest BCUT2D eigenvalue weighted by atomic mass is 10.0. The predicted molar refractivity (Wildman–Crippen MR) is 94.1 cm³/mol. The Kier molecular flexibility index (Phi) is 5.85. The number of alkyl halides is 2. The zero-order valence-electron chi connectivity index (χ0n) is 14.5. The lowest BCUT2D eigenvalue weighted by molar-refractivity contribution is -0.126. The molecule has 1 aliphatic rings. The van der Waals surface area contributed by atoms with Crippen LogP contribution in [0.4, 0.5) is 8.78 Å². The summed E-state index contributed by atoms with van der Waals surface area (Å²) in [4.78, 5) is 12.2. The molecule has 3 rings (SSSR count). The van der Waals surface area contributed by atoms with Crippen molar-refractivity contribution in [1.82, 2.24) is 19.4 Å². The molecule has 2 aromatic rings. The van der Waals surface area contributed by atoms with E-state index in [1.807, 2.05) is 6.07 Å². The predicted octanol–water partition coefficient (Wildman–Crippen LogP) is 1.80. The molecule has 1 atom stereocenters. The number of hydrogen-bond acceptors (Lipinski definition) is 4. The highest BCUT2D eigenvalue weighted by molar-refractivity contribution is 7.89.